The molecule has 0 radical (unpaired) electrons. The molecule has 1 aromatic rings. The number of fused-ring (bicyclic) bond motifs is 2. The number of carbonyl (C=O) groups excluding carboxylic acids is 12. The number of hydrogen-bond acceptors (Lipinski definition) is 12. The molecule has 564 valence electrons. The van der Waals surface area contributed by atoms with E-state index in [1.54, 1.807) is 25.7 Å². The lowest BCUT2D eigenvalue weighted by Gasteiger charge is -2.45. The molecule has 4 heterocycles. The maximum Gasteiger partial charge on any atom is 0.417 e. The number of likely N-dealkylation sites (N-methyl/N-ethyl adjacent to an activating group) is 6. The van der Waals surface area contributed by atoms with Crippen molar-refractivity contribution in [1.82, 2.24) is 60.0 Å². The molecule has 6 fully saturated rings. The van der Waals surface area contributed by atoms with Gasteiger partial charge in [0.2, 0.25) is 70.9 Å². The zero-order chi connectivity index (χ0) is 74.7. The van der Waals surface area contributed by atoms with Crippen molar-refractivity contribution in [3.63, 3.8) is 0 Å². The summed E-state index contributed by atoms with van der Waals surface area (Å²) in [6.45, 7) is 12.7. The summed E-state index contributed by atoms with van der Waals surface area (Å²) < 4.78 is 41.7. The van der Waals surface area contributed by atoms with Crippen molar-refractivity contribution in [1.29, 1.82) is 0 Å². The largest absolute Gasteiger partial charge is 0.417 e. The van der Waals surface area contributed by atoms with Gasteiger partial charge in [-0.15, -0.1) is 0 Å². The Balaban J connectivity index is 1.29. The molecular formula is C73H112ClF3N12O12. The number of nitrogens with one attached hydrogen (secondary N) is 3. The van der Waals surface area contributed by atoms with Crippen molar-refractivity contribution >= 4 is 82.5 Å². The van der Waals surface area contributed by atoms with Crippen molar-refractivity contribution in [2.24, 2.45) is 23.7 Å². The Morgan fingerprint density at radius 1 is 0.634 bits per heavy atom. The molecule has 0 bridgehead atoms. The van der Waals surface area contributed by atoms with Crippen LogP contribution in [0.15, 0.2) is 18.2 Å². The number of hydrogen-bond donors (Lipinski definition) is 3. The van der Waals surface area contributed by atoms with Crippen LogP contribution in [0.25, 0.3) is 0 Å². The maximum atomic E-state index is 15.6. The molecule has 28 heteroatoms. The number of likely N-dealkylation sites (tertiary alicyclic amines) is 1. The second kappa shape index (κ2) is 35.4. The minimum atomic E-state index is -4.76. The predicted octanol–water partition coefficient (Wildman–Crippen LogP) is 6.42. The molecular weight excluding hydrogens is 1330 g/mol. The summed E-state index contributed by atoms with van der Waals surface area (Å²) in [6, 6.07) is -7.85. The summed E-state index contributed by atoms with van der Waals surface area (Å²) in [4.78, 5) is 192. The van der Waals surface area contributed by atoms with E-state index in [9.17, 15) is 41.9 Å². The number of aryl methyl sites for hydroxylation is 1. The van der Waals surface area contributed by atoms with Gasteiger partial charge in [0, 0.05) is 68.5 Å². The van der Waals surface area contributed by atoms with Gasteiger partial charge in [-0.2, -0.15) is 13.2 Å². The highest BCUT2D eigenvalue weighted by Crippen LogP contribution is 2.37. The first-order valence-corrected chi connectivity index (χ1v) is 37.2. The van der Waals surface area contributed by atoms with Crippen molar-refractivity contribution in [3.8, 4) is 0 Å². The van der Waals surface area contributed by atoms with Crippen LogP contribution < -0.4 is 16.0 Å². The molecule has 12 amide bonds. The number of nitrogens with zero attached hydrogens (tertiary/aromatic N) is 9. The van der Waals surface area contributed by atoms with Crippen molar-refractivity contribution in [2.75, 3.05) is 75.0 Å². The van der Waals surface area contributed by atoms with Gasteiger partial charge in [0.1, 0.15) is 59.9 Å². The van der Waals surface area contributed by atoms with Crippen LogP contribution in [0.1, 0.15) is 194 Å². The highest BCUT2D eigenvalue weighted by molar-refractivity contribution is 6.31. The second-order valence-electron chi connectivity index (χ2n) is 30.3. The van der Waals surface area contributed by atoms with Crippen LogP contribution in [-0.2, 0) is 70.1 Å². The first-order valence-electron chi connectivity index (χ1n) is 36.8. The Labute approximate surface area is 599 Å². The van der Waals surface area contributed by atoms with Crippen molar-refractivity contribution < 1.29 is 70.7 Å². The van der Waals surface area contributed by atoms with E-state index < -0.39 is 172 Å². The topological polar surface area (TPSA) is 270 Å². The Bertz CT molecular complexity index is 3170. The highest BCUT2D eigenvalue weighted by Gasteiger charge is 2.51. The van der Waals surface area contributed by atoms with E-state index in [1.165, 1.54) is 89.6 Å². The van der Waals surface area contributed by atoms with Gasteiger partial charge in [-0.25, -0.2) is 0 Å². The number of benzene rings is 1. The van der Waals surface area contributed by atoms with Crippen LogP contribution in [0.3, 0.4) is 0 Å². The fraction of sp³-hybridized carbons (Fsp3) is 0.753. The Kier molecular flexibility index (Phi) is 28.5. The van der Waals surface area contributed by atoms with E-state index in [-0.39, 0.29) is 76.3 Å². The van der Waals surface area contributed by atoms with Crippen LogP contribution in [0, 0.1) is 23.7 Å². The Morgan fingerprint density at radius 3 is 1.84 bits per heavy atom. The number of halogens is 4. The second-order valence-corrected chi connectivity index (χ2v) is 30.7. The fourth-order valence-electron chi connectivity index (χ4n) is 15.7. The van der Waals surface area contributed by atoms with E-state index in [1.807, 2.05) is 20.8 Å². The van der Waals surface area contributed by atoms with Gasteiger partial charge in [-0.1, -0.05) is 117 Å². The molecule has 10 atom stereocenters. The lowest BCUT2D eigenvalue weighted by atomic mass is 9.79. The molecule has 6 aliphatic rings. The molecule has 0 aromatic heterocycles. The van der Waals surface area contributed by atoms with Crippen molar-refractivity contribution in [3.05, 3.63) is 34.3 Å². The molecule has 4 saturated heterocycles. The Morgan fingerprint density at radius 2 is 1.26 bits per heavy atom. The third-order valence-corrected chi connectivity index (χ3v) is 22.7. The average Bonchev–Trinajstić information content (AvgIpc) is 1.77. The summed E-state index contributed by atoms with van der Waals surface area (Å²) in [5, 5.41) is 8.21. The fourth-order valence-corrected chi connectivity index (χ4v) is 16.0. The lowest BCUT2D eigenvalue weighted by molar-refractivity contribution is -0.160. The van der Waals surface area contributed by atoms with Gasteiger partial charge in [-0.05, 0) is 125 Å². The zero-order valence-electron chi connectivity index (χ0n) is 61.8. The standard InChI is InChI=1S/C73H112ClF3N12O12/c1-14-46(6)60-69(99)82(9)47(7)64(94)89-38-32-54(89)67(97)84(11)56(41-48-25-18-15-19-26-48)66(96)81(8)43-58(90)78-52(31-29-49-28-30-50(51(74)40-49)73(75,76)77)65(95)88-37-24-27-53(88)63(93)80-72(33-20-16-21-34-72)71(101)86(13)61(45(4)5)70(100)85(12)57(68(98)87-35-22-17-23-36-87)42-59(91)83(10)55(39-44(2)3)62(92)79-60/h28,30,40,44-48,52-57,60-61H,14-27,29,31-39,41-43H2,1-13H3,(H,78,90)(H,79,92)(H,80,93)/t46-,47-,52-,53-,54-,55-,56-,57-,60-,61-/m0/s1. The normalized spacial score (nSPS) is 27.8. The van der Waals surface area contributed by atoms with E-state index in [4.69, 9.17) is 11.6 Å². The van der Waals surface area contributed by atoms with E-state index in [0.29, 0.717) is 57.2 Å². The third kappa shape index (κ3) is 19.4. The molecule has 7 rings (SSSR count). The summed E-state index contributed by atoms with van der Waals surface area (Å²) in [5.74, 6) is -8.87. The number of carbonyl (C=O) groups is 12. The zero-order valence-corrected chi connectivity index (χ0v) is 62.5. The summed E-state index contributed by atoms with van der Waals surface area (Å²) in [6.07, 6.45) is 4.49. The first-order chi connectivity index (χ1) is 47.5. The van der Waals surface area contributed by atoms with Crippen molar-refractivity contribution in [2.45, 2.75) is 256 Å². The van der Waals surface area contributed by atoms with Crippen LogP contribution in [0.5, 0.6) is 0 Å². The highest BCUT2D eigenvalue weighted by atomic mass is 35.5. The summed E-state index contributed by atoms with van der Waals surface area (Å²) >= 11 is 6.17. The molecule has 3 N–H and O–H groups in total. The van der Waals surface area contributed by atoms with Gasteiger partial charge in [0.25, 0.3) is 0 Å². The minimum Gasteiger partial charge on any atom is -0.343 e. The van der Waals surface area contributed by atoms with Crippen LogP contribution in [-0.4, -0.2) is 250 Å². The molecule has 24 nitrogen and oxygen atoms in total. The molecule has 101 heavy (non-hydrogen) atoms. The quantitative estimate of drug-likeness (QED) is 0.217. The van der Waals surface area contributed by atoms with Crippen LogP contribution >= 0.6 is 11.6 Å². The minimum absolute atomic E-state index is 0.0224. The summed E-state index contributed by atoms with van der Waals surface area (Å²) in [7, 11) is 8.63. The molecule has 2 aliphatic carbocycles. The van der Waals surface area contributed by atoms with Gasteiger partial charge in [0.15, 0.2) is 0 Å². The SMILES string of the molecule is CC[C@H](C)[C@@H]1NC(=O)[C@H](CC(C)C)N(C)C(=O)C[C@@H](C(=O)N2CCCCC2)N(C)C(=O)[C@H](C(C)C)N(C)C(=O)C2(CCCCC2)NC(=O)[C@@H]2CCCN2C(=O)[C@H](CCc2ccc(C(F)(F)F)c(Cl)c2)NC(=O)CN(C)C(=O)[C@H](CC2CCCCC2)N(C)C(=O)[C@@H]2CCN2C(=O)[C@H](C)N(C)C1=O. The molecule has 1 spiro atoms. The lowest BCUT2D eigenvalue weighted by Crippen LogP contribution is -2.66. The van der Waals surface area contributed by atoms with Gasteiger partial charge >= 0.3 is 6.18 Å². The van der Waals surface area contributed by atoms with E-state index in [0.717, 1.165) is 62.0 Å². The molecule has 0 unspecified atom stereocenters. The molecule has 1 aromatic carbocycles. The van der Waals surface area contributed by atoms with Crippen LogP contribution in [0.4, 0.5) is 13.2 Å². The van der Waals surface area contributed by atoms with Gasteiger partial charge < -0.3 is 60.0 Å². The monoisotopic (exact) mass is 1440 g/mol. The van der Waals surface area contributed by atoms with Gasteiger partial charge in [0.05, 0.1) is 23.6 Å². The number of piperidine rings is 1. The smallest absolute Gasteiger partial charge is 0.343 e. The maximum absolute atomic E-state index is 15.6. The Hall–Kier alpha value is -7.06. The van der Waals surface area contributed by atoms with Gasteiger partial charge in [-0.3, -0.25) is 57.5 Å². The number of amides is 12. The molecule has 2 saturated carbocycles. The third-order valence-electron chi connectivity index (χ3n) is 22.4. The average molecular weight is 1440 g/mol. The number of alkyl halides is 3. The van der Waals surface area contributed by atoms with E-state index >= 15 is 28.8 Å². The van der Waals surface area contributed by atoms with E-state index in [2.05, 4.69) is 16.0 Å². The summed E-state index contributed by atoms with van der Waals surface area (Å²) in [5.41, 5.74) is -2.37. The predicted molar refractivity (Wildman–Crippen MR) is 374 cm³/mol. The number of rotatable bonds is 11. The van der Waals surface area contributed by atoms with Crippen LogP contribution in [0.2, 0.25) is 5.02 Å². The molecule has 4 aliphatic heterocycles. The first kappa shape index (κ1) is 81.2.